The zero-order valence-corrected chi connectivity index (χ0v) is 10.9. The molecule has 1 aromatic heterocycles. The van der Waals surface area contributed by atoms with Gasteiger partial charge in [-0.2, -0.15) is 0 Å². The summed E-state index contributed by atoms with van der Waals surface area (Å²) in [6, 6.07) is 1.81. The van der Waals surface area contributed by atoms with Crippen LogP contribution in [0, 0.1) is 0 Å². The molecule has 0 radical (unpaired) electrons. The first-order valence-electron chi connectivity index (χ1n) is 5.88. The molecule has 0 fully saturated rings. The number of esters is 1. The van der Waals surface area contributed by atoms with Crippen LogP contribution in [-0.2, 0) is 9.47 Å². The predicted molar refractivity (Wildman–Crippen MR) is 68.2 cm³/mol. The number of hydrogen-bond acceptors (Lipinski definition) is 4. The first kappa shape index (κ1) is 12.8. The maximum atomic E-state index is 11.5. The van der Waals surface area contributed by atoms with Crippen LogP contribution in [0.15, 0.2) is 24.5 Å². The molecule has 18 heavy (non-hydrogen) atoms. The molecule has 1 aliphatic heterocycles. The van der Waals surface area contributed by atoms with Gasteiger partial charge in [0.05, 0.1) is 24.9 Å². The first-order valence-corrected chi connectivity index (χ1v) is 5.88. The van der Waals surface area contributed by atoms with E-state index in [1.54, 1.807) is 6.20 Å². The van der Waals surface area contributed by atoms with Crippen LogP contribution in [0.25, 0.3) is 5.57 Å². The molecule has 0 bridgehead atoms. The van der Waals surface area contributed by atoms with Crippen molar-refractivity contribution in [3.8, 4) is 0 Å². The lowest BCUT2D eigenvalue weighted by Gasteiger charge is -2.30. The zero-order chi connectivity index (χ0) is 13.2. The molecule has 0 aliphatic carbocycles. The Morgan fingerprint density at radius 3 is 2.89 bits per heavy atom. The highest BCUT2D eigenvalue weighted by Gasteiger charge is 2.24. The highest BCUT2D eigenvalue weighted by atomic mass is 16.5. The summed E-state index contributed by atoms with van der Waals surface area (Å²) in [5, 5.41) is 0. The van der Waals surface area contributed by atoms with Crippen molar-refractivity contribution in [1.82, 2.24) is 4.98 Å². The molecule has 1 aliphatic rings. The number of nitrogens with zero attached hydrogens (tertiary/aromatic N) is 1. The van der Waals surface area contributed by atoms with Crippen LogP contribution in [0.1, 0.15) is 36.2 Å². The number of pyridine rings is 1. The maximum Gasteiger partial charge on any atom is 0.339 e. The molecule has 0 spiro atoms. The summed E-state index contributed by atoms with van der Waals surface area (Å²) in [4.78, 5) is 15.6. The second-order valence-corrected chi connectivity index (χ2v) is 4.93. The molecule has 4 nitrogen and oxygen atoms in total. The lowest BCUT2D eigenvalue weighted by atomic mass is 9.91. The molecule has 0 atom stereocenters. The van der Waals surface area contributed by atoms with Gasteiger partial charge in [0, 0.05) is 18.8 Å². The summed E-state index contributed by atoms with van der Waals surface area (Å²) in [6.07, 6.45) is 6.11. The van der Waals surface area contributed by atoms with E-state index in [4.69, 9.17) is 9.47 Å². The third kappa shape index (κ3) is 2.76. The molecule has 0 aromatic carbocycles. The second kappa shape index (κ2) is 4.90. The lowest BCUT2D eigenvalue weighted by molar-refractivity contribution is -0.00299. The zero-order valence-electron chi connectivity index (χ0n) is 10.9. The molecule has 1 aromatic rings. The van der Waals surface area contributed by atoms with E-state index in [-0.39, 0.29) is 11.6 Å². The van der Waals surface area contributed by atoms with E-state index in [0.717, 1.165) is 17.6 Å². The standard InChI is InChI=1S/C14H17NO3/c1-14(2)7-10(4-5-18-14)11-6-12(9-15-8-11)13(16)17-3/h4,6,8-9H,5,7H2,1-3H3. The van der Waals surface area contributed by atoms with Crippen molar-refractivity contribution in [2.75, 3.05) is 13.7 Å². The maximum absolute atomic E-state index is 11.5. The topological polar surface area (TPSA) is 48.4 Å². The number of carbonyl (C=O) groups is 1. The minimum Gasteiger partial charge on any atom is -0.465 e. The van der Waals surface area contributed by atoms with Crippen molar-refractivity contribution in [3.05, 3.63) is 35.7 Å². The van der Waals surface area contributed by atoms with Crippen molar-refractivity contribution >= 4 is 11.5 Å². The monoisotopic (exact) mass is 247 g/mol. The molecule has 96 valence electrons. The number of hydrogen-bond donors (Lipinski definition) is 0. The molecule has 2 rings (SSSR count). The van der Waals surface area contributed by atoms with Crippen molar-refractivity contribution in [1.29, 1.82) is 0 Å². The Balaban J connectivity index is 2.29. The Morgan fingerprint density at radius 1 is 1.44 bits per heavy atom. The summed E-state index contributed by atoms with van der Waals surface area (Å²) < 4.78 is 10.3. The fraction of sp³-hybridized carbons (Fsp3) is 0.429. The number of carbonyl (C=O) groups excluding carboxylic acids is 1. The fourth-order valence-electron chi connectivity index (χ4n) is 2.01. The quantitative estimate of drug-likeness (QED) is 0.753. The number of aromatic nitrogens is 1. The van der Waals surface area contributed by atoms with Crippen molar-refractivity contribution in [2.45, 2.75) is 25.9 Å². The van der Waals surface area contributed by atoms with Gasteiger partial charge >= 0.3 is 5.97 Å². The highest BCUT2D eigenvalue weighted by molar-refractivity contribution is 5.90. The Labute approximate surface area is 107 Å². The molecule has 0 N–H and O–H groups in total. The molecular formula is C14H17NO3. The van der Waals surface area contributed by atoms with Gasteiger partial charge in [-0.3, -0.25) is 4.98 Å². The van der Waals surface area contributed by atoms with E-state index >= 15 is 0 Å². The van der Waals surface area contributed by atoms with Crippen LogP contribution < -0.4 is 0 Å². The third-order valence-electron chi connectivity index (χ3n) is 2.95. The fourth-order valence-corrected chi connectivity index (χ4v) is 2.01. The van der Waals surface area contributed by atoms with Crippen LogP contribution >= 0.6 is 0 Å². The number of ether oxygens (including phenoxy) is 2. The van der Waals surface area contributed by atoms with Crippen LogP contribution in [0.2, 0.25) is 0 Å². The number of rotatable bonds is 2. The van der Waals surface area contributed by atoms with Crippen LogP contribution in [0.5, 0.6) is 0 Å². The molecular weight excluding hydrogens is 230 g/mol. The lowest BCUT2D eigenvalue weighted by Crippen LogP contribution is -2.28. The SMILES string of the molecule is COC(=O)c1cncc(C2=CCOC(C)(C)C2)c1. The van der Waals surface area contributed by atoms with Crippen molar-refractivity contribution in [3.63, 3.8) is 0 Å². The molecule has 0 amide bonds. The van der Waals surface area contributed by atoms with Gasteiger partial charge in [-0.15, -0.1) is 0 Å². The Kier molecular flexibility index (Phi) is 3.48. The summed E-state index contributed by atoms with van der Waals surface area (Å²) >= 11 is 0. The molecule has 0 saturated carbocycles. The summed E-state index contributed by atoms with van der Waals surface area (Å²) in [7, 11) is 1.37. The van der Waals surface area contributed by atoms with E-state index in [2.05, 4.69) is 18.8 Å². The molecule has 0 saturated heterocycles. The average Bonchev–Trinajstić information content (AvgIpc) is 2.37. The van der Waals surface area contributed by atoms with Gasteiger partial charge in [-0.25, -0.2) is 4.79 Å². The number of methoxy groups -OCH3 is 1. The average molecular weight is 247 g/mol. The van der Waals surface area contributed by atoms with Crippen molar-refractivity contribution in [2.24, 2.45) is 0 Å². The largest absolute Gasteiger partial charge is 0.465 e. The van der Waals surface area contributed by atoms with Gasteiger partial charge in [0.2, 0.25) is 0 Å². The summed E-state index contributed by atoms with van der Waals surface area (Å²) in [5.74, 6) is -0.365. The van der Waals surface area contributed by atoms with Gasteiger partial charge in [0.1, 0.15) is 0 Å². The minimum atomic E-state index is -0.365. The highest BCUT2D eigenvalue weighted by Crippen LogP contribution is 2.31. The van der Waals surface area contributed by atoms with E-state index < -0.39 is 0 Å². The van der Waals surface area contributed by atoms with Gasteiger partial charge in [-0.1, -0.05) is 6.08 Å². The smallest absolute Gasteiger partial charge is 0.339 e. The molecule has 0 unspecified atom stereocenters. The van der Waals surface area contributed by atoms with Crippen LogP contribution in [-0.4, -0.2) is 30.3 Å². The Bertz CT molecular complexity index is 492. The van der Waals surface area contributed by atoms with Crippen LogP contribution in [0.3, 0.4) is 0 Å². The third-order valence-corrected chi connectivity index (χ3v) is 2.95. The minimum absolute atomic E-state index is 0.175. The normalized spacial score (nSPS) is 18.1. The van der Waals surface area contributed by atoms with E-state index in [9.17, 15) is 4.79 Å². The van der Waals surface area contributed by atoms with Gasteiger partial charge < -0.3 is 9.47 Å². The first-order chi connectivity index (χ1) is 8.52. The van der Waals surface area contributed by atoms with Gasteiger partial charge in [0.15, 0.2) is 0 Å². The van der Waals surface area contributed by atoms with Crippen molar-refractivity contribution < 1.29 is 14.3 Å². The summed E-state index contributed by atoms with van der Waals surface area (Å²) in [6.45, 7) is 4.69. The molecule has 4 heteroatoms. The Morgan fingerprint density at radius 2 is 2.22 bits per heavy atom. The van der Waals surface area contributed by atoms with Crippen LogP contribution in [0.4, 0.5) is 0 Å². The second-order valence-electron chi connectivity index (χ2n) is 4.93. The Hall–Kier alpha value is -1.68. The van der Waals surface area contributed by atoms with E-state index in [0.29, 0.717) is 12.2 Å². The van der Waals surface area contributed by atoms with E-state index in [1.165, 1.54) is 13.3 Å². The van der Waals surface area contributed by atoms with Gasteiger partial charge in [0.25, 0.3) is 0 Å². The molecule has 2 heterocycles. The van der Waals surface area contributed by atoms with Gasteiger partial charge in [-0.05, 0) is 31.1 Å². The predicted octanol–water partition coefficient (Wildman–Crippen LogP) is 2.45. The van der Waals surface area contributed by atoms with E-state index in [1.807, 2.05) is 12.1 Å². The summed E-state index contributed by atoms with van der Waals surface area (Å²) in [5.41, 5.74) is 2.41.